The van der Waals surface area contributed by atoms with Crippen LogP contribution < -0.4 is 20.9 Å². The SMILES string of the molecule is CC(C)COc1ccc(C(=O)NC(=S)NNC(=O)C2CC(=O)N(Cc3ccccc3)C2)cc1. The zero-order chi connectivity index (χ0) is 23.8. The lowest BCUT2D eigenvalue weighted by Gasteiger charge is -2.17. The number of likely N-dealkylation sites (tertiary alicyclic amines) is 1. The van der Waals surface area contributed by atoms with Gasteiger partial charge in [0.25, 0.3) is 5.91 Å². The summed E-state index contributed by atoms with van der Waals surface area (Å²) in [4.78, 5) is 38.7. The maximum atomic E-state index is 12.5. The standard InChI is InChI=1S/C24H28N4O4S/c1-16(2)15-32-20-10-8-18(9-11-20)22(30)25-24(33)27-26-23(31)19-12-21(29)28(14-19)13-17-6-4-3-5-7-17/h3-11,16,19H,12-15H2,1-2H3,(H,26,31)(H2,25,27,30,33). The van der Waals surface area contributed by atoms with Crippen LogP contribution in [0.2, 0.25) is 0 Å². The number of amides is 3. The van der Waals surface area contributed by atoms with E-state index in [-0.39, 0.29) is 23.3 Å². The number of carbonyl (C=O) groups is 3. The number of hydrogen-bond donors (Lipinski definition) is 3. The number of hydrogen-bond acceptors (Lipinski definition) is 5. The summed E-state index contributed by atoms with van der Waals surface area (Å²) in [5.41, 5.74) is 6.42. The van der Waals surface area contributed by atoms with Crippen LogP contribution in [0.4, 0.5) is 0 Å². The lowest BCUT2D eigenvalue weighted by Crippen LogP contribution is -2.50. The van der Waals surface area contributed by atoms with Crippen molar-refractivity contribution in [3.8, 4) is 5.75 Å². The van der Waals surface area contributed by atoms with Crippen molar-refractivity contribution in [3.63, 3.8) is 0 Å². The monoisotopic (exact) mass is 468 g/mol. The molecule has 1 unspecified atom stereocenters. The fourth-order valence-corrected chi connectivity index (χ4v) is 3.44. The van der Waals surface area contributed by atoms with Crippen LogP contribution in [-0.4, -0.2) is 40.9 Å². The Morgan fingerprint density at radius 2 is 1.79 bits per heavy atom. The highest BCUT2D eigenvalue weighted by atomic mass is 32.1. The summed E-state index contributed by atoms with van der Waals surface area (Å²) in [6.07, 6.45) is 0.130. The number of ether oxygens (including phenoxy) is 1. The molecule has 1 atom stereocenters. The molecule has 3 rings (SSSR count). The Balaban J connectivity index is 1.42. The first-order chi connectivity index (χ1) is 15.8. The van der Waals surface area contributed by atoms with Gasteiger partial charge in [-0.15, -0.1) is 0 Å². The zero-order valence-electron chi connectivity index (χ0n) is 18.7. The smallest absolute Gasteiger partial charge is 0.257 e. The Labute approximate surface area is 198 Å². The Hall–Kier alpha value is -3.46. The summed E-state index contributed by atoms with van der Waals surface area (Å²) in [6.45, 7) is 5.49. The van der Waals surface area contributed by atoms with Crippen molar-refractivity contribution < 1.29 is 19.1 Å². The Kier molecular flexibility index (Phi) is 8.37. The first-order valence-electron chi connectivity index (χ1n) is 10.8. The molecule has 3 N–H and O–H groups in total. The number of thiocarbonyl (C=S) groups is 1. The average molecular weight is 469 g/mol. The molecule has 0 bridgehead atoms. The molecule has 0 spiro atoms. The molecule has 174 valence electrons. The maximum Gasteiger partial charge on any atom is 0.257 e. The molecule has 1 aliphatic heterocycles. The van der Waals surface area contributed by atoms with Crippen LogP contribution in [0.1, 0.15) is 36.2 Å². The van der Waals surface area contributed by atoms with Crippen LogP contribution in [0.5, 0.6) is 5.75 Å². The quantitative estimate of drug-likeness (QED) is 0.426. The third kappa shape index (κ3) is 7.28. The predicted octanol–water partition coefficient (Wildman–Crippen LogP) is 2.41. The maximum absolute atomic E-state index is 12.5. The average Bonchev–Trinajstić information content (AvgIpc) is 3.17. The van der Waals surface area contributed by atoms with Gasteiger partial charge in [0, 0.05) is 25.1 Å². The van der Waals surface area contributed by atoms with Crippen molar-refractivity contribution in [1.29, 1.82) is 0 Å². The van der Waals surface area contributed by atoms with E-state index in [1.54, 1.807) is 29.2 Å². The van der Waals surface area contributed by atoms with Gasteiger partial charge in [0.15, 0.2) is 5.11 Å². The molecule has 9 heteroatoms. The summed E-state index contributed by atoms with van der Waals surface area (Å²) >= 11 is 5.09. The molecule has 1 aliphatic rings. The van der Waals surface area contributed by atoms with Gasteiger partial charge < -0.3 is 9.64 Å². The van der Waals surface area contributed by atoms with E-state index in [0.29, 0.717) is 36.9 Å². The first kappa shape index (κ1) is 24.2. The van der Waals surface area contributed by atoms with E-state index < -0.39 is 11.8 Å². The van der Waals surface area contributed by atoms with Crippen molar-refractivity contribution in [2.45, 2.75) is 26.8 Å². The summed E-state index contributed by atoms with van der Waals surface area (Å²) in [5.74, 6) is -0.257. The van der Waals surface area contributed by atoms with Crippen LogP contribution in [-0.2, 0) is 16.1 Å². The van der Waals surface area contributed by atoms with Crippen LogP contribution >= 0.6 is 12.2 Å². The summed E-state index contributed by atoms with van der Waals surface area (Å²) < 4.78 is 5.60. The van der Waals surface area contributed by atoms with Crippen LogP contribution in [0.25, 0.3) is 0 Å². The molecule has 33 heavy (non-hydrogen) atoms. The Morgan fingerprint density at radius 1 is 1.09 bits per heavy atom. The second-order valence-corrected chi connectivity index (χ2v) is 8.70. The van der Waals surface area contributed by atoms with E-state index in [1.807, 2.05) is 30.3 Å². The third-order valence-corrected chi connectivity index (χ3v) is 5.23. The van der Waals surface area contributed by atoms with Crippen LogP contribution in [0, 0.1) is 11.8 Å². The van der Waals surface area contributed by atoms with Gasteiger partial charge in [-0.1, -0.05) is 44.2 Å². The van der Waals surface area contributed by atoms with E-state index in [4.69, 9.17) is 17.0 Å². The highest BCUT2D eigenvalue weighted by molar-refractivity contribution is 7.80. The highest BCUT2D eigenvalue weighted by Gasteiger charge is 2.34. The second-order valence-electron chi connectivity index (χ2n) is 8.29. The van der Waals surface area contributed by atoms with Gasteiger partial charge in [-0.3, -0.25) is 30.6 Å². The minimum Gasteiger partial charge on any atom is -0.493 e. The number of rotatable bonds is 7. The van der Waals surface area contributed by atoms with Gasteiger partial charge in [-0.05, 0) is 48.0 Å². The number of hydrazine groups is 1. The normalized spacial score (nSPS) is 15.3. The van der Waals surface area contributed by atoms with Gasteiger partial charge >= 0.3 is 0 Å². The minimum absolute atomic E-state index is 0.0426. The zero-order valence-corrected chi connectivity index (χ0v) is 19.5. The van der Waals surface area contributed by atoms with Crippen LogP contribution in [0.15, 0.2) is 54.6 Å². The van der Waals surface area contributed by atoms with E-state index in [1.165, 1.54) is 0 Å². The fraction of sp³-hybridized carbons (Fsp3) is 0.333. The van der Waals surface area contributed by atoms with Gasteiger partial charge in [0.05, 0.1) is 12.5 Å². The van der Waals surface area contributed by atoms with Crippen molar-refractivity contribution in [1.82, 2.24) is 21.1 Å². The molecule has 0 aromatic heterocycles. The topological polar surface area (TPSA) is 99.8 Å². The van der Waals surface area contributed by atoms with Gasteiger partial charge in [0.2, 0.25) is 11.8 Å². The molecule has 3 amide bonds. The minimum atomic E-state index is -0.495. The number of carbonyl (C=O) groups excluding carboxylic acids is 3. The van der Waals surface area contributed by atoms with Crippen molar-refractivity contribution in [2.75, 3.05) is 13.2 Å². The second kappa shape index (κ2) is 11.4. The molecule has 2 aromatic carbocycles. The Morgan fingerprint density at radius 3 is 2.45 bits per heavy atom. The van der Waals surface area contributed by atoms with Gasteiger partial charge in [0.1, 0.15) is 5.75 Å². The van der Waals surface area contributed by atoms with Crippen molar-refractivity contribution in [3.05, 3.63) is 65.7 Å². The molecular weight excluding hydrogens is 440 g/mol. The van der Waals surface area contributed by atoms with E-state index in [2.05, 4.69) is 30.0 Å². The first-order valence-corrected chi connectivity index (χ1v) is 11.2. The van der Waals surface area contributed by atoms with Gasteiger partial charge in [-0.2, -0.15) is 0 Å². The number of nitrogens with one attached hydrogen (secondary N) is 3. The predicted molar refractivity (Wildman–Crippen MR) is 128 cm³/mol. The van der Waals surface area contributed by atoms with Crippen LogP contribution in [0.3, 0.4) is 0 Å². The fourth-order valence-electron chi connectivity index (χ4n) is 3.30. The summed E-state index contributed by atoms with van der Waals surface area (Å²) in [7, 11) is 0. The summed E-state index contributed by atoms with van der Waals surface area (Å²) in [6, 6.07) is 16.3. The van der Waals surface area contributed by atoms with E-state index in [0.717, 1.165) is 5.56 Å². The molecule has 8 nitrogen and oxygen atoms in total. The molecule has 1 saturated heterocycles. The number of nitrogens with zero attached hydrogens (tertiary/aromatic N) is 1. The molecule has 1 fully saturated rings. The van der Waals surface area contributed by atoms with Crippen molar-refractivity contribution in [2.24, 2.45) is 11.8 Å². The lowest BCUT2D eigenvalue weighted by atomic mass is 10.1. The lowest BCUT2D eigenvalue weighted by molar-refractivity contribution is -0.129. The number of benzene rings is 2. The highest BCUT2D eigenvalue weighted by Crippen LogP contribution is 2.20. The largest absolute Gasteiger partial charge is 0.493 e. The molecular formula is C24H28N4O4S. The molecule has 0 saturated carbocycles. The van der Waals surface area contributed by atoms with Gasteiger partial charge in [-0.25, -0.2) is 0 Å². The molecule has 2 aromatic rings. The molecule has 0 radical (unpaired) electrons. The molecule has 0 aliphatic carbocycles. The molecule has 1 heterocycles. The van der Waals surface area contributed by atoms with Crippen molar-refractivity contribution >= 4 is 35.1 Å². The van der Waals surface area contributed by atoms with E-state index >= 15 is 0 Å². The van der Waals surface area contributed by atoms with E-state index in [9.17, 15) is 14.4 Å². The summed E-state index contributed by atoms with van der Waals surface area (Å²) in [5, 5.41) is 2.47. The third-order valence-electron chi connectivity index (χ3n) is 5.03. The Bertz CT molecular complexity index is 995.